The standard InChI is InChI=1S/C28H40FN3O2/c1-4-5-10-26(33)32(20-21-11-12-22-19-24(21)28(22,2)3)18-15-30-13-16-31(17-14-30)27(34)23-8-6-7-9-25(23)29/h6-9,11,22,24H,4-5,10,12-20H2,1-3H3. The number of piperazine rings is 1. The van der Waals surface area contributed by atoms with Crippen LogP contribution >= 0.6 is 0 Å². The van der Waals surface area contributed by atoms with Crippen LogP contribution in [0.5, 0.6) is 0 Å². The van der Waals surface area contributed by atoms with E-state index in [4.69, 9.17) is 0 Å². The molecule has 1 aromatic carbocycles. The molecule has 2 amide bonds. The van der Waals surface area contributed by atoms with Gasteiger partial charge in [0.05, 0.1) is 5.56 Å². The topological polar surface area (TPSA) is 43.9 Å². The largest absolute Gasteiger partial charge is 0.337 e. The molecule has 4 aliphatic rings. The van der Waals surface area contributed by atoms with E-state index in [9.17, 15) is 14.0 Å². The first kappa shape index (κ1) is 24.9. The molecule has 2 bridgehead atoms. The summed E-state index contributed by atoms with van der Waals surface area (Å²) in [7, 11) is 0. The van der Waals surface area contributed by atoms with Crippen LogP contribution in [0.4, 0.5) is 4.39 Å². The van der Waals surface area contributed by atoms with Crippen molar-refractivity contribution in [2.45, 2.75) is 52.9 Å². The van der Waals surface area contributed by atoms with Crippen LogP contribution in [0.15, 0.2) is 35.9 Å². The van der Waals surface area contributed by atoms with Gasteiger partial charge in [0.2, 0.25) is 5.91 Å². The average Bonchev–Trinajstić information content (AvgIpc) is 2.85. The highest BCUT2D eigenvalue weighted by molar-refractivity contribution is 5.94. The Labute approximate surface area is 204 Å². The Hall–Kier alpha value is -2.21. The molecule has 5 nitrogen and oxygen atoms in total. The Morgan fingerprint density at radius 3 is 2.53 bits per heavy atom. The zero-order valence-corrected chi connectivity index (χ0v) is 21.1. The van der Waals surface area contributed by atoms with Crippen molar-refractivity contribution in [3.8, 4) is 0 Å². The summed E-state index contributed by atoms with van der Waals surface area (Å²) in [5.74, 6) is 0.971. The van der Waals surface area contributed by atoms with Crippen LogP contribution in [0.2, 0.25) is 0 Å². The molecular weight excluding hydrogens is 429 g/mol. The Morgan fingerprint density at radius 1 is 1.15 bits per heavy atom. The zero-order chi connectivity index (χ0) is 24.3. The van der Waals surface area contributed by atoms with Crippen LogP contribution in [0.1, 0.15) is 63.2 Å². The number of carbonyl (C=O) groups excluding carboxylic acids is 2. The number of rotatable bonds is 9. The quantitative estimate of drug-likeness (QED) is 0.497. The van der Waals surface area contributed by atoms with E-state index >= 15 is 0 Å². The van der Waals surface area contributed by atoms with Gasteiger partial charge in [-0.2, -0.15) is 0 Å². The molecule has 0 spiro atoms. The summed E-state index contributed by atoms with van der Waals surface area (Å²) in [6.45, 7) is 11.8. The Balaban J connectivity index is 1.31. The van der Waals surface area contributed by atoms with E-state index in [1.165, 1.54) is 18.1 Å². The fraction of sp³-hybridized carbons (Fsp3) is 0.643. The van der Waals surface area contributed by atoms with E-state index in [0.717, 1.165) is 57.9 Å². The van der Waals surface area contributed by atoms with Gasteiger partial charge in [0, 0.05) is 52.2 Å². The molecule has 2 fully saturated rings. The molecule has 0 aromatic heterocycles. The smallest absolute Gasteiger partial charge is 0.256 e. The SMILES string of the molecule is CCCCC(=O)N(CCN1CCN(C(=O)c2ccccc2F)CC1)CC1=CCC2CC1C2(C)C. The Morgan fingerprint density at radius 2 is 1.88 bits per heavy atom. The van der Waals surface area contributed by atoms with Gasteiger partial charge in [-0.25, -0.2) is 4.39 Å². The van der Waals surface area contributed by atoms with Gasteiger partial charge in [0.15, 0.2) is 0 Å². The second-order valence-corrected chi connectivity index (χ2v) is 10.9. The van der Waals surface area contributed by atoms with Crippen LogP contribution in [0.25, 0.3) is 0 Å². The molecule has 5 rings (SSSR count). The van der Waals surface area contributed by atoms with Crippen molar-refractivity contribution in [1.29, 1.82) is 0 Å². The van der Waals surface area contributed by atoms with Gasteiger partial charge in [0.25, 0.3) is 5.91 Å². The van der Waals surface area contributed by atoms with Crippen LogP contribution < -0.4 is 0 Å². The van der Waals surface area contributed by atoms with Crippen LogP contribution in [-0.2, 0) is 4.79 Å². The molecule has 0 radical (unpaired) electrons. The molecule has 3 aliphatic carbocycles. The average molecular weight is 470 g/mol. The molecule has 0 N–H and O–H groups in total. The van der Waals surface area contributed by atoms with Crippen LogP contribution in [-0.4, -0.2) is 72.3 Å². The predicted molar refractivity (Wildman–Crippen MR) is 133 cm³/mol. The molecule has 1 heterocycles. The van der Waals surface area contributed by atoms with Gasteiger partial charge < -0.3 is 9.80 Å². The second-order valence-electron chi connectivity index (χ2n) is 10.9. The van der Waals surface area contributed by atoms with Gasteiger partial charge in [0.1, 0.15) is 5.82 Å². The molecule has 2 atom stereocenters. The zero-order valence-electron chi connectivity index (χ0n) is 21.1. The van der Waals surface area contributed by atoms with Crippen molar-refractivity contribution >= 4 is 11.8 Å². The molecule has 1 saturated heterocycles. The number of hydrogen-bond acceptors (Lipinski definition) is 3. The first-order valence-electron chi connectivity index (χ1n) is 13.0. The molecule has 1 aliphatic heterocycles. The van der Waals surface area contributed by atoms with Gasteiger partial charge in [-0.1, -0.05) is 51.0 Å². The lowest BCUT2D eigenvalue weighted by atomic mass is 9.49. The van der Waals surface area contributed by atoms with Crippen molar-refractivity contribution in [3.63, 3.8) is 0 Å². The highest BCUT2D eigenvalue weighted by Gasteiger charge is 2.51. The summed E-state index contributed by atoms with van der Waals surface area (Å²) in [5, 5.41) is 0. The molecule has 1 aromatic rings. The first-order chi connectivity index (χ1) is 16.3. The monoisotopic (exact) mass is 469 g/mol. The van der Waals surface area contributed by atoms with E-state index in [1.807, 2.05) is 0 Å². The maximum atomic E-state index is 14.0. The lowest BCUT2D eigenvalue weighted by molar-refractivity contribution is -0.131. The minimum atomic E-state index is -0.464. The Kier molecular flexibility index (Phi) is 7.76. The highest BCUT2D eigenvalue weighted by atomic mass is 19.1. The summed E-state index contributed by atoms with van der Waals surface area (Å²) >= 11 is 0. The van der Waals surface area contributed by atoms with E-state index in [1.54, 1.807) is 23.1 Å². The van der Waals surface area contributed by atoms with Crippen LogP contribution in [0.3, 0.4) is 0 Å². The molecular formula is C28H40FN3O2. The van der Waals surface area contributed by atoms with E-state index in [-0.39, 0.29) is 17.4 Å². The third kappa shape index (κ3) is 5.22. The maximum absolute atomic E-state index is 14.0. The van der Waals surface area contributed by atoms with Gasteiger partial charge in [-0.05, 0) is 48.6 Å². The number of fused-ring (bicyclic) bond motifs is 1. The maximum Gasteiger partial charge on any atom is 0.256 e. The Bertz CT molecular complexity index is 920. The van der Waals surface area contributed by atoms with Gasteiger partial charge >= 0.3 is 0 Å². The van der Waals surface area contributed by atoms with Gasteiger partial charge in [-0.15, -0.1) is 0 Å². The van der Waals surface area contributed by atoms with E-state index in [0.29, 0.717) is 30.8 Å². The summed E-state index contributed by atoms with van der Waals surface area (Å²) in [5.41, 5.74) is 1.96. The molecule has 2 unspecified atom stereocenters. The highest BCUT2D eigenvalue weighted by Crippen LogP contribution is 2.59. The fourth-order valence-electron chi connectivity index (χ4n) is 5.90. The summed E-state index contributed by atoms with van der Waals surface area (Å²) < 4.78 is 14.0. The molecule has 34 heavy (non-hydrogen) atoms. The minimum absolute atomic E-state index is 0.144. The second kappa shape index (κ2) is 10.6. The predicted octanol–water partition coefficient (Wildman–Crippen LogP) is 4.59. The number of benzene rings is 1. The number of halogens is 1. The number of hydrogen-bond donors (Lipinski definition) is 0. The summed E-state index contributed by atoms with van der Waals surface area (Å²) in [6.07, 6.45) is 7.39. The first-order valence-corrected chi connectivity index (χ1v) is 13.0. The minimum Gasteiger partial charge on any atom is -0.337 e. The summed E-state index contributed by atoms with van der Waals surface area (Å²) in [6, 6.07) is 6.18. The van der Waals surface area contributed by atoms with Crippen molar-refractivity contribution in [1.82, 2.24) is 14.7 Å². The third-order valence-electron chi connectivity index (χ3n) is 8.50. The molecule has 1 saturated carbocycles. The van der Waals surface area contributed by atoms with Crippen molar-refractivity contribution in [2.24, 2.45) is 17.3 Å². The third-order valence-corrected chi connectivity index (χ3v) is 8.50. The van der Waals surface area contributed by atoms with E-state index < -0.39 is 5.82 Å². The number of amides is 2. The lowest BCUT2D eigenvalue weighted by Crippen LogP contribution is -2.52. The van der Waals surface area contributed by atoms with E-state index in [2.05, 4.69) is 36.6 Å². The number of nitrogens with zero attached hydrogens (tertiary/aromatic N) is 3. The molecule has 6 heteroatoms. The number of carbonyl (C=O) groups is 2. The van der Waals surface area contributed by atoms with Crippen molar-refractivity contribution < 1.29 is 14.0 Å². The lowest BCUT2D eigenvalue weighted by Gasteiger charge is -2.57. The normalized spacial score (nSPS) is 23.8. The summed E-state index contributed by atoms with van der Waals surface area (Å²) in [4.78, 5) is 31.9. The van der Waals surface area contributed by atoms with Crippen LogP contribution in [0, 0.1) is 23.1 Å². The number of unbranched alkanes of at least 4 members (excludes halogenated alkanes) is 1. The van der Waals surface area contributed by atoms with Crippen molar-refractivity contribution in [2.75, 3.05) is 45.8 Å². The number of allylic oxidation sites excluding steroid dienone is 1. The fourth-order valence-corrected chi connectivity index (χ4v) is 5.90. The molecule has 186 valence electrons. The van der Waals surface area contributed by atoms with Crippen molar-refractivity contribution in [3.05, 3.63) is 47.3 Å². The van der Waals surface area contributed by atoms with Gasteiger partial charge in [-0.3, -0.25) is 14.5 Å².